The van der Waals surface area contributed by atoms with E-state index in [1.165, 1.54) is 5.56 Å². The molecule has 0 bridgehead atoms. The van der Waals surface area contributed by atoms with Gasteiger partial charge in [-0.25, -0.2) is 0 Å². The normalized spacial score (nSPS) is 23.5. The maximum Gasteiger partial charge on any atom is 0.241 e. The van der Waals surface area contributed by atoms with Gasteiger partial charge in [0.15, 0.2) is 0 Å². The van der Waals surface area contributed by atoms with Crippen LogP contribution >= 0.6 is 0 Å². The van der Waals surface area contributed by atoms with Crippen LogP contribution in [0.2, 0.25) is 0 Å². The van der Waals surface area contributed by atoms with Crippen molar-refractivity contribution in [2.24, 2.45) is 5.92 Å². The molecule has 1 saturated heterocycles. The second kappa shape index (κ2) is 8.02. The molecule has 0 aromatic heterocycles. The molecule has 4 nitrogen and oxygen atoms in total. The van der Waals surface area contributed by atoms with E-state index in [0.717, 1.165) is 38.0 Å². The number of carbonyl (C=O) groups is 1. The number of carbonyl (C=O) groups excluding carboxylic acids is 1. The van der Waals surface area contributed by atoms with Crippen molar-refractivity contribution in [3.8, 4) is 0 Å². The lowest BCUT2D eigenvalue weighted by Crippen LogP contribution is -2.40. The fourth-order valence-corrected chi connectivity index (χ4v) is 3.64. The highest BCUT2D eigenvalue weighted by molar-refractivity contribution is 5.83. The molecular formula is C22H26N2O2. The van der Waals surface area contributed by atoms with Crippen LogP contribution < -0.4 is 10.6 Å². The van der Waals surface area contributed by atoms with E-state index < -0.39 is 0 Å². The average Bonchev–Trinajstić information content (AvgIpc) is 3.37. The van der Waals surface area contributed by atoms with E-state index in [9.17, 15) is 4.79 Å². The molecule has 4 heteroatoms. The largest absolute Gasteiger partial charge is 0.373 e. The van der Waals surface area contributed by atoms with Crippen molar-refractivity contribution in [1.82, 2.24) is 10.6 Å². The number of ether oxygens (including phenoxy) is 1. The highest BCUT2D eigenvalue weighted by Gasteiger charge is 2.32. The van der Waals surface area contributed by atoms with Gasteiger partial charge in [-0.05, 0) is 30.4 Å². The Balaban J connectivity index is 1.44. The topological polar surface area (TPSA) is 50.4 Å². The molecule has 2 aliphatic rings. The van der Waals surface area contributed by atoms with Crippen LogP contribution in [0.25, 0.3) is 0 Å². The van der Waals surface area contributed by atoms with E-state index in [1.807, 2.05) is 36.4 Å². The third-order valence-corrected chi connectivity index (χ3v) is 5.25. The van der Waals surface area contributed by atoms with Crippen LogP contribution in [0.1, 0.15) is 42.5 Å². The Morgan fingerprint density at radius 3 is 2.38 bits per heavy atom. The summed E-state index contributed by atoms with van der Waals surface area (Å²) in [5.41, 5.74) is 2.23. The minimum atomic E-state index is -0.311. The summed E-state index contributed by atoms with van der Waals surface area (Å²) in [7, 11) is 0. The van der Waals surface area contributed by atoms with E-state index in [-0.39, 0.29) is 18.1 Å². The van der Waals surface area contributed by atoms with Gasteiger partial charge < -0.3 is 15.4 Å². The second-order valence-corrected chi connectivity index (χ2v) is 7.29. The molecule has 1 heterocycles. The van der Waals surface area contributed by atoms with Crippen molar-refractivity contribution in [2.75, 3.05) is 13.2 Å². The van der Waals surface area contributed by atoms with Crippen molar-refractivity contribution in [3.05, 3.63) is 71.8 Å². The second-order valence-electron chi connectivity index (χ2n) is 7.29. The van der Waals surface area contributed by atoms with Gasteiger partial charge in [0.05, 0.1) is 6.10 Å². The van der Waals surface area contributed by atoms with Crippen LogP contribution in [-0.4, -0.2) is 25.1 Å². The van der Waals surface area contributed by atoms with Gasteiger partial charge in [0.25, 0.3) is 0 Å². The molecule has 1 saturated carbocycles. The van der Waals surface area contributed by atoms with Gasteiger partial charge in [0.2, 0.25) is 5.91 Å². The lowest BCUT2D eigenvalue weighted by Gasteiger charge is -2.24. The molecule has 1 aliphatic heterocycles. The summed E-state index contributed by atoms with van der Waals surface area (Å²) in [6.07, 6.45) is 3.31. The van der Waals surface area contributed by atoms with Crippen molar-refractivity contribution in [3.63, 3.8) is 0 Å². The monoisotopic (exact) mass is 350 g/mol. The van der Waals surface area contributed by atoms with Crippen LogP contribution in [0.4, 0.5) is 0 Å². The summed E-state index contributed by atoms with van der Waals surface area (Å²) < 4.78 is 5.98. The molecule has 3 atom stereocenters. The molecule has 0 spiro atoms. The zero-order valence-corrected chi connectivity index (χ0v) is 14.9. The number of rotatable bonds is 7. The zero-order chi connectivity index (χ0) is 17.8. The van der Waals surface area contributed by atoms with Gasteiger partial charge in [0, 0.05) is 25.1 Å². The summed E-state index contributed by atoms with van der Waals surface area (Å²) >= 11 is 0. The molecule has 136 valence electrons. The molecule has 2 aromatic rings. The number of amides is 1. The van der Waals surface area contributed by atoms with Crippen LogP contribution in [0.15, 0.2) is 60.7 Å². The number of hydrogen-bond acceptors (Lipinski definition) is 3. The van der Waals surface area contributed by atoms with Crippen molar-refractivity contribution in [1.29, 1.82) is 0 Å². The van der Waals surface area contributed by atoms with Gasteiger partial charge in [-0.1, -0.05) is 60.7 Å². The van der Waals surface area contributed by atoms with Crippen LogP contribution in [0.3, 0.4) is 0 Å². The van der Waals surface area contributed by atoms with Crippen molar-refractivity contribution >= 4 is 5.91 Å². The quantitative estimate of drug-likeness (QED) is 0.805. The Hall–Kier alpha value is -2.17. The van der Waals surface area contributed by atoms with Crippen LogP contribution in [0.5, 0.6) is 0 Å². The first kappa shape index (κ1) is 17.3. The summed E-state index contributed by atoms with van der Waals surface area (Å²) in [5, 5.41) is 6.66. The molecule has 1 aliphatic carbocycles. The van der Waals surface area contributed by atoms with Gasteiger partial charge in [-0.15, -0.1) is 0 Å². The highest BCUT2D eigenvalue weighted by atomic mass is 16.5. The maximum atomic E-state index is 12.7. The van der Waals surface area contributed by atoms with Crippen LogP contribution in [0, 0.1) is 5.92 Å². The zero-order valence-electron chi connectivity index (χ0n) is 14.9. The van der Waals surface area contributed by atoms with Crippen molar-refractivity contribution in [2.45, 2.75) is 37.5 Å². The van der Waals surface area contributed by atoms with E-state index >= 15 is 0 Å². The molecule has 1 amide bonds. The SMILES string of the molecule is O=C(NC1CC1)C(NC[C@H]1CCO[C@@H]1c1ccccc1)c1ccccc1. The van der Waals surface area contributed by atoms with Gasteiger partial charge in [0.1, 0.15) is 6.04 Å². The predicted octanol–water partition coefficient (Wildman–Crippen LogP) is 3.37. The first-order chi connectivity index (χ1) is 12.8. The lowest BCUT2D eigenvalue weighted by atomic mass is 9.94. The Kier molecular flexibility index (Phi) is 5.32. The van der Waals surface area contributed by atoms with E-state index in [0.29, 0.717) is 12.0 Å². The standard InChI is InChI=1S/C22H26N2O2/c25-22(24-19-11-12-19)20(16-7-3-1-4-8-16)23-15-18-13-14-26-21(18)17-9-5-2-6-10-17/h1-10,18-21,23H,11-15H2,(H,24,25)/t18-,20?,21-/m1/s1. The van der Waals surface area contributed by atoms with E-state index in [4.69, 9.17) is 4.74 Å². The average molecular weight is 350 g/mol. The minimum Gasteiger partial charge on any atom is -0.373 e. The molecule has 0 radical (unpaired) electrons. The molecule has 1 unspecified atom stereocenters. The Bertz CT molecular complexity index is 715. The van der Waals surface area contributed by atoms with Crippen molar-refractivity contribution < 1.29 is 9.53 Å². The van der Waals surface area contributed by atoms with Crippen LogP contribution in [-0.2, 0) is 9.53 Å². The minimum absolute atomic E-state index is 0.0777. The maximum absolute atomic E-state index is 12.7. The summed E-state index contributed by atoms with van der Waals surface area (Å²) in [6, 6.07) is 20.4. The summed E-state index contributed by atoms with van der Waals surface area (Å²) in [5.74, 6) is 0.450. The third kappa shape index (κ3) is 4.14. The number of nitrogens with one attached hydrogen (secondary N) is 2. The van der Waals surface area contributed by atoms with Gasteiger partial charge in [-0.2, -0.15) is 0 Å². The molecular weight excluding hydrogens is 324 g/mol. The predicted molar refractivity (Wildman–Crippen MR) is 102 cm³/mol. The Labute approximate surface area is 155 Å². The highest BCUT2D eigenvalue weighted by Crippen LogP contribution is 2.34. The smallest absolute Gasteiger partial charge is 0.241 e. The first-order valence-electron chi connectivity index (χ1n) is 9.56. The summed E-state index contributed by atoms with van der Waals surface area (Å²) in [6.45, 7) is 1.54. The molecule has 2 aromatic carbocycles. The first-order valence-corrected chi connectivity index (χ1v) is 9.56. The fourth-order valence-electron chi connectivity index (χ4n) is 3.64. The Morgan fingerprint density at radius 1 is 1.00 bits per heavy atom. The molecule has 26 heavy (non-hydrogen) atoms. The Morgan fingerprint density at radius 2 is 1.69 bits per heavy atom. The molecule has 2 fully saturated rings. The van der Waals surface area contributed by atoms with E-state index in [1.54, 1.807) is 0 Å². The number of hydrogen-bond donors (Lipinski definition) is 2. The summed E-state index contributed by atoms with van der Waals surface area (Å²) in [4.78, 5) is 12.7. The third-order valence-electron chi connectivity index (χ3n) is 5.25. The van der Waals surface area contributed by atoms with Gasteiger partial charge >= 0.3 is 0 Å². The molecule has 2 N–H and O–H groups in total. The molecule has 4 rings (SSSR count). The number of benzene rings is 2. The van der Waals surface area contributed by atoms with Gasteiger partial charge in [-0.3, -0.25) is 4.79 Å². The lowest BCUT2D eigenvalue weighted by molar-refractivity contribution is -0.123. The fraction of sp³-hybridized carbons (Fsp3) is 0.409. The van der Waals surface area contributed by atoms with E-state index in [2.05, 4.69) is 34.9 Å².